The smallest absolute Gasteiger partial charge is 0.367 e. The van der Waals surface area contributed by atoms with Crippen molar-refractivity contribution in [3.8, 4) is 0 Å². The van der Waals surface area contributed by atoms with Crippen molar-refractivity contribution in [2.75, 3.05) is 7.11 Å². The molecule has 6 heteroatoms. The number of pyridine rings is 1. The highest BCUT2D eigenvalue weighted by Crippen LogP contribution is 2.34. The Hall–Kier alpha value is -1.30. The van der Waals surface area contributed by atoms with Crippen molar-refractivity contribution in [2.24, 2.45) is 0 Å². The first-order valence-electron chi connectivity index (χ1n) is 3.73. The van der Waals surface area contributed by atoms with E-state index in [0.29, 0.717) is 0 Å². The third kappa shape index (κ3) is 2.35. The maximum atomic E-state index is 12.3. The van der Waals surface area contributed by atoms with E-state index in [1.807, 2.05) is 0 Å². The van der Waals surface area contributed by atoms with Crippen LogP contribution in [0.15, 0.2) is 23.1 Å². The molecule has 14 heavy (non-hydrogen) atoms. The molecular formula is C8H8F3NO2. The van der Waals surface area contributed by atoms with E-state index in [-0.39, 0.29) is 5.56 Å². The Morgan fingerprint density at radius 3 is 2.57 bits per heavy atom. The van der Waals surface area contributed by atoms with Gasteiger partial charge < -0.3 is 9.72 Å². The van der Waals surface area contributed by atoms with Crippen LogP contribution in [0.5, 0.6) is 0 Å². The minimum Gasteiger partial charge on any atom is -0.367 e. The van der Waals surface area contributed by atoms with E-state index >= 15 is 0 Å². The molecule has 0 aromatic carbocycles. The second-order valence-corrected chi connectivity index (χ2v) is 2.64. The largest absolute Gasteiger partial charge is 0.418 e. The number of H-pyrrole nitrogens is 1. The van der Waals surface area contributed by atoms with Gasteiger partial charge in [-0.25, -0.2) is 0 Å². The highest BCUT2D eigenvalue weighted by Gasteiger charge is 2.41. The summed E-state index contributed by atoms with van der Waals surface area (Å²) in [6.45, 7) is 0. The van der Waals surface area contributed by atoms with Crippen molar-refractivity contribution in [3.63, 3.8) is 0 Å². The van der Waals surface area contributed by atoms with Crippen molar-refractivity contribution in [1.29, 1.82) is 0 Å². The van der Waals surface area contributed by atoms with Crippen LogP contribution in [0.4, 0.5) is 13.2 Å². The zero-order valence-electron chi connectivity index (χ0n) is 7.26. The molecule has 0 fully saturated rings. The maximum absolute atomic E-state index is 12.3. The van der Waals surface area contributed by atoms with Crippen LogP contribution in [0, 0.1) is 0 Å². The fourth-order valence-corrected chi connectivity index (χ4v) is 1.08. The highest BCUT2D eigenvalue weighted by molar-refractivity contribution is 5.15. The first-order chi connectivity index (χ1) is 6.45. The van der Waals surface area contributed by atoms with Gasteiger partial charge in [-0.2, -0.15) is 13.2 Å². The number of hydrogen-bond donors (Lipinski definition) is 1. The summed E-state index contributed by atoms with van der Waals surface area (Å²) in [6, 6.07) is 2.02. The molecule has 0 saturated carbocycles. The van der Waals surface area contributed by atoms with Gasteiger partial charge in [-0.3, -0.25) is 4.79 Å². The molecule has 1 unspecified atom stereocenters. The Morgan fingerprint density at radius 1 is 1.50 bits per heavy atom. The van der Waals surface area contributed by atoms with E-state index in [1.165, 1.54) is 0 Å². The summed E-state index contributed by atoms with van der Waals surface area (Å²) in [5.74, 6) is 0. The Balaban J connectivity index is 3.07. The normalized spacial score (nSPS) is 14.0. The van der Waals surface area contributed by atoms with E-state index in [1.54, 1.807) is 0 Å². The number of rotatable bonds is 2. The molecule has 0 bridgehead atoms. The molecule has 1 N–H and O–H groups in total. The summed E-state index contributed by atoms with van der Waals surface area (Å²) in [6.07, 6.45) is -5.41. The van der Waals surface area contributed by atoms with Crippen molar-refractivity contribution in [2.45, 2.75) is 12.3 Å². The first kappa shape index (κ1) is 10.8. The summed E-state index contributed by atoms with van der Waals surface area (Å²) in [7, 11) is 0.944. The third-order valence-corrected chi connectivity index (χ3v) is 1.63. The third-order valence-electron chi connectivity index (χ3n) is 1.63. The predicted octanol–water partition coefficient (Wildman–Crippen LogP) is 1.62. The maximum Gasteiger partial charge on any atom is 0.418 e. The summed E-state index contributed by atoms with van der Waals surface area (Å²) >= 11 is 0. The van der Waals surface area contributed by atoms with Crippen LogP contribution in [-0.2, 0) is 4.74 Å². The van der Waals surface area contributed by atoms with E-state index in [2.05, 4.69) is 9.72 Å². The summed E-state index contributed by atoms with van der Waals surface area (Å²) < 4.78 is 41.2. The van der Waals surface area contributed by atoms with Crippen LogP contribution in [0.25, 0.3) is 0 Å². The van der Waals surface area contributed by atoms with E-state index in [4.69, 9.17) is 0 Å². The lowest BCUT2D eigenvalue weighted by atomic mass is 10.1. The summed E-state index contributed by atoms with van der Waals surface area (Å²) in [5, 5.41) is 0. The van der Waals surface area contributed by atoms with Gasteiger partial charge >= 0.3 is 6.18 Å². The molecule has 1 aromatic rings. The van der Waals surface area contributed by atoms with Crippen LogP contribution < -0.4 is 5.56 Å². The Kier molecular flexibility index (Phi) is 2.95. The molecule has 0 saturated heterocycles. The van der Waals surface area contributed by atoms with Gasteiger partial charge in [-0.05, 0) is 11.6 Å². The van der Waals surface area contributed by atoms with Crippen molar-refractivity contribution in [3.05, 3.63) is 34.2 Å². The topological polar surface area (TPSA) is 42.1 Å². The molecule has 1 atom stereocenters. The highest BCUT2D eigenvalue weighted by atomic mass is 19.4. The van der Waals surface area contributed by atoms with Crippen LogP contribution in [0.2, 0.25) is 0 Å². The Bertz CT molecular complexity index is 358. The molecule has 0 aliphatic heterocycles. The monoisotopic (exact) mass is 207 g/mol. The van der Waals surface area contributed by atoms with Crippen LogP contribution >= 0.6 is 0 Å². The van der Waals surface area contributed by atoms with Gasteiger partial charge in [0.15, 0.2) is 6.10 Å². The predicted molar refractivity (Wildman–Crippen MR) is 42.9 cm³/mol. The number of ether oxygens (including phenoxy) is 1. The molecule has 1 heterocycles. The van der Waals surface area contributed by atoms with Gasteiger partial charge in [0.05, 0.1) is 0 Å². The fourth-order valence-electron chi connectivity index (χ4n) is 1.08. The number of hydrogen-bond acceptors (Lipinski definition) is 2. The van der Waals surface area contributed by atoms with Crippen molar-refractivity contribution >= 4 is 0 Å². The lowest BCUT2D eigenvalue weighted by molar-refractivity contribution is -0.216. The van der Waals surface area contributed by atoms with Crippen LogP contribution in [-0.4, -0.2) is 18.3 Å². The molecule has 3 nitrogen and oxygen atoms in total. The number of nitrogens with one attached hydrogen (secondary N) is 1. The van der Waals surface area contributed by atoms with E-state index in [0.717, 1.165) is 25.4 Å². The van der Waals surface area contributed by atoms with Gasteiger partial charge in [-0.1, -0.05) is 0 Å². The standard InChI is InChI=1S/C8H8F3NO2/c1-14-7(8(9,10)11)5-2-3-12-6(13)4-5/h2-4,7H,1H3,(H,12,13). The molecule has 0 aliphatic rings. The molecule has 0 amide bonds. The second-order valence-electron chi connectivity index (χ2n) is 2.64. The molecule has 0 spiro atoms. The van der Waals surface area contributed by atoms with Gasteiger partial charge in [0.25, 0.3) is 0 Å². The Morgan fingerprint density at radius 2 is 2.14 bits per heavy atom. The molecule has 1 aromatic heterocycles. The number of methoxy groups -OCH3 is 1. The number of alkyl halides is 3. The number of aromatic amines is 1. The zero-order chi connectivity index (χ0) is 10.8. The van der Waals surface area contributed by atoms with Gasteiger partial charge in [0.1, 0.15) is 0 Å². The zero-order valence-corrected chi connectivity index (χ0v) is 7.26. The summed E-state index contributed by atoms with van der Waals surface area (Å²) in [5.41, 5.74) is -0.794. The second kappa shape index (κ2) is 3.83. The minimum atomic E-state index is -4.51. The minimum absolute atomic E-state index is 0.205. The van der Waals surface area contributed by atoms with Gasteiger partial charge in [0, 0.05) is 19.4 Å². The fraction of sp³-hybridized carbons (Fsp3) is 0.375. The molecule has 0 radical (unpaired) electrons. The molecule has 1 rings (SSSR count). The quantitative estimate of drug-likeness (QED) is 0.800. The van der Waals surface area contributed by atoms with Crippen molar-refractivity contribution in [1.82, 2.24) is 4.98 Å². The molecular weight excluding hydrogens is 199 g/mol. The number of halogens is 3. The van der Waals surface area contributed by atoms with Crippen LogP contribution in [0.3, 0.4) is 0 Å². The molecule has 78 valence electrons. The van der Waals surface area contributed by atoms with Crippen LogP contribution in [0.1, 0.15) is 11.7 Å². The van der Waals surface area contributed by atoms with Crippen molar-refractivity contribution < 1.29 is 17.9 Å². The lowest BCUT2D eigenvalue weighted by Crippen LogP contribution is -2.23. The van der Waals surface area contributed by atoms with Gasteiger partial charge in [0.2, 0.25) is 5.56 Å². The summed E-state index contributed by atoms with van der Waals surface area (Å²) in [4.78, 5) is 13.0. The lowest BCUT2D eigenvalue weighted by Gasteiger charge is -2.18. The average molecular weight is 207 g/mol. The molecule has 0 aliphatic carbocycles. The van der Waals surface area contributed by atoms with E-state index in [9.17, 15) is 18.0 Å². The SMILES string of the molecule is COC(c1cc[nH]c(=O)c1)C(F)(F)F. The number of aromatic nitrogens is 1. The average Bonchev–Trinajstić information content (AvgIpc) is 2.02. The first-order valence-corrected chi connectivity index (χ1v) is 3.73. The van der Waals surface area contributed by atoms with E-state index < -0.39 is 17.8 Å². The Labute approximate surface area is 77.5 Å². The van der Waals surface area contributed by atoms with Gasteiger partial charge in [-0.15, -0.1) is 0 Å².